The van der Waals surface area contributed by atoms with Gasteiger partial charge in [-0.05, 0) is 39.1 Å². The highest BCUT2D eigenvalue weighted by molar-refractivity contribution is 7.20. The van der Waals surface area contributed by atoms with Crippen LogP contribution in [0.1, 0.15) is 25.8 Å². The Hall–Kier alpha value is -2.06. The summed E-state index contributed by atoms with van der Waals surface area (Å²) < 4.78 is 1.98. The number of nitrogens with one attached hydrogen (secondary N) is 1. The van der Waals surface area contributed by atoms with Crippen LogP contribution in [-0.2, 0) is 11.3 Å². The highest BCUT2D eigenvalue weighted by atomic mass is 32.1. The summed E-state index contributed by atoms with van der Waals surface area (Å²) >= 11 is 2.99. The molecule has 126 valence electrons. The fraction of sp³-hybridized carbons (Fsp3) is 0.375. The van der Waals surface area contributed by atoms with Crippen molar-refractivity contribution in [2.24, 2.45) is 0 Å². The quantitative estimate of drug-likeness (QED) is 0.777. The summed E-state index contributed by atoms with van der Waals surface area (Å²) in [4.78, 5) is 30.1. The first-order chi connectivity index (χ1) is 11.2. The second kappa shape index (κ2) is 6.10. The lowest BCUT2D eigenvalue weighted by atomic mass is 10.1. The second-order valence-corrected chi connectivity index (χ2v) is 8.65. The zero-order chi connectivity index (χ0) is 17.5. The smallest absolute Gasteiger partial charge is 0.294 e. The molecular weight excluding hydrogens is 344 g/mol. The van der Waals surface area contributed by atoms with Gasteiger partial charge in [0, 0.05) is 5.54 Å². The predicted molar refractivity (Wildman–Crippen MR) is 97.6 cm³/mol. The van der Waals surface area contributed by atoms with Gasteiger partial charge in [-0.1, -0.05) is 6.07 Å². The number of aryl methyl sites for hydroxylation is 1. The average molecular weight is 362 g/mol. The van der Waals surface area contributed by atoms with Crippen molar-refractivity contribution in [3.05, 3.63) is 32.9 Å². The Morgan fingerprint density at radius 2 is 2.12 bits per heavy atom. The third-order valence-corrected chi connectivity index (χ3v) is 5.02. The van der Waals surface area contributed by atoms with E-state index < -0.39 is 0 Å². The van der Waals surface area contributed by atoms with Gasteiger partial charge < -0.3 is 5.32 Å². The van der Waals surface area contributed by atoms with Gasteiger partial charge in [-0.2, -0.15) is 5.10 Å². The molecule has 0 bridgehead atoms. The molecule has 0 saturated carbocycles. The van der Waals surface area contributed by atoms with E-state index in [0.717, 1.165) is 14.6 Å². The van der Waals surface area contributed by atoms with E-state index >= 15 is 0 Å². The summed E-state index contributed by atoms with van der Waals surface area (Å²) in [6.45, 7) is 7.42. The molecule has 1 amide bonds. The Kier molecular flexibility index (Phi) is 4.27. The minimum atomic E-state index is -0.363. The van der Waals surface area contributed by atoms with Gasteiger partial charge in [0.15, 0.2) is 5.52 Å². The fourth-order valence-electron chi connectivity index (χ4n) is 2.34. The topological polar surface area (TPSA) is 76.9 Å². The Labute approximate surface area is 147 Å². The summed E-state index contributed by atoms with van der Waals surface area (Å²) in [5.41, 5.74) is 0.380. The summed E-state index contributed by atoms with van der Waals surface area (Å²) in [6.07, 6.45) is 0. The standard InChI is InChI=1S/C16H18N4O2S2/c1-9-17-13-14(24-9)12(10-6-5-7-23-10)19-20(15(13)22)8-11(21)18-16(2,3)4/h5-7H,8H2,1-4H3,(H,18,21). The van der Waals surface area contributed by atoms with Crippen molar-refractivity contribution in [3.8, 4) is 10.6 Å². The molecule has 0 atom stereocenters. The second-order valence-electron chi connectivity index (χ2n) is 6.50. The van der Waals surface area contributed by atoms with Crippen LogP contribution in [-0.4, -0.2) is 26.2 Å². The van der Waals surface area contributed by atoms with Crippen molar-refractivity contribution in [3.63, 3.8) is 0 Å². The molecule has 0 radical (unpaired) electrons. The Morgan fingerprint density at radius 3 is 2.75 bits per heavy atom. The molecule has 0 aliphatic heterocycles. The van der Waals surface area contributed by atoms with Crippen LogP contribution in [0, 0.1) is 6.92 Å². The summed E-state index contributed by atoms with van der Waals surface area (Å²) in [5, 5.41) is 10.1. The maximum atomic E-state index is 12.6. The SMILES string of the molecule is Cc1nc2c(=O)n(CC(=O)NC(C)(C)C)nc(-c3cccs3)c2s1. The van der Waals surface area contributed by atoms with Gasteiger partial charge >= 0.3 is 0 Å². The number of aromatic nitrogens is 3. The maximum absolute atomic E-state index is 12.6. The lowest BCUT2D eigenvalue weighted by Crippen LogP contribution is -2.44. The van der Waals surface area contributed by atoms with Crippen molar-refractivity contribution in [1.82, 2.24) is 20.1 Å². The third kappa shape index (κ3) is 3.39. The van der Waals surface area contributed by atoms with Crippen molar-refractivity contribution in [1.29, 1.82) is 0 Å². The van der Waals surface area contributed by atoms with E-state index in [9.17, 15) is 9.59 Å². The molecule has 0 saturated heterocycles. The number of hydrogen-bond donors (Lipinski definition) is 1. The molecule has 0 unspecified atom stereocenters. The Morgan fingerprint density at radius 1 is 1.38 bits per heavy atom. The van der Waals surface area contributed by atoms with Crippen molar-refractivity contribution in [2.45, 2.75) is 39.8 Å². The third-order valence-electron chi connectivity index (χ3n) is 3.17. The number of thiophene rings is 1. The number of hydrogen-bond acceptors (Lipinski definition) is 6. The number of fused-ring (bicyclic) bond motifs is 1. The Balaban J connectivity index is 2.10. The molecule has 8 heteroatoms. The van der Waals surface area contributed by atoms with Crippen LogP contribution in [0.25, 0.3) is 20.8 Å². The molecule has 0 aromatic carbocycles. The lowest BCUT2D eigenvalue weighted by Gasteiger charge is -2.20. The number of carbonyl (C=O) groups is 1. The normalized spacial score (nSPS) is 11.8. The highest BCUT2D eigenvalue weighted by Crippen LogP contribution is 2.31. The van der Waals surface area contributed by atoms with Crippen molar-refractivity contribution >= 4 is 38.8 Å². The zero-order valence-corrected chi connectivity index (χ0v) is 15.5. The van der Waals surface area contributed by atoms with Gasteiger partial charge in [0.25, 0.3) is 5.56 Å². The molecule has 3 aromatic heterocycles. The van der Waals surface area contributed by atoms with E-state index in [1.54, 1.807) is 11.3 Å². The molecule has 3 rings (SSSR count). The summed E-state index contributed by atoms with van der Waals surface area (Å²) in [6, 6.07) is 3.88. The molecule has 3 heterocycles. The first-order valence-electron chi connectivity index (χ1n) is 7.48. The predicted octanol–water partition coefficient (Wildman–Crippen LogP) is 2.80. The van der Waals surface area contributed by atoms with Crippen molar-refractivity contribution in [2.75, 3.05) is 0 Å². The van der Waals surface area contributed by atoms with Crippen LogP contribution in [0.2, 0.25) is 0 Å². The summed E-state index contributed by atoms with van der Waals surface area (Å²) in [5.74, 6) is -0.250. The minimum Gasteiger partial charge on any atom is -0.350 e. The van der Waals surface area contributed by atoms with E-state index in [4.69, 9.17) is 0 Å². The summed E-state index contributed by atoms with van der Waals surface area (Å²) in [7, 11) is 0. The Bertz CT molecular complexity index is 949. The number of nitrogens with zero attached hydrogens (tertiary/aromatic N) is 3. The lowest BCUT2D eigenvalue weighted by molar-refractivity contribution is -0.123. The zero-order valence-electron chi connectivity index (χ0n) is 13.9. The number of thiazole rings is 1. The van der Waals surface area contributed by atoms with Gasteiger partial charge in [-0.25, -0.2) is 9.67 Å². The first-order valence-corrected chi connectivity index (χ1v) is 9.17. The monoisotopic (exact) mass is 362 g/mol. The fourth-order valence-corrected chi connectivity index (χ4v) is 4.03. The highest BCUT2D eigenvalue weighted by Gasteiger charge is 2.20. The number of rotatable bonds is 3. The minimum absolute atomic E-state index is 0.124. The van der Waals surface area contributed by atoms with Gasteiger partial charge in [0.1, 0.15) is 12.2 Å². The van der Waals surface area contributed by atoms with Crippen LogP contribution >= 0.6 is 22.7 Å². The van der Waals surface area contributed by atoms with Gasteiger partial charge in [-0.3, -0.25) is 9.59 Å². The molecule has 0 fully saturated rings. The molecule has 0 aliphatic carbocycles. The van der Waals surface area contributed by atoms with Crippen LogP contribution in [0.3, 0.4) is 0 Å². The molecule has 6 nitrogen and oxygen atoms in total. The van der Waals surface area contributed by atoms with Crippen LogP contribution in [0.5, 0.6) is 0 Å². The molecule has 0 spiro atoms. The van der Waals surface area contributed by atoms with Gasteiger partial charge in [0.2, 0.25) is 5.91 Å². The largest absolute Gasteiger partial charge is 0.350 e. The van der Waals surface area contributed by atoms with E-state index in [0.29, 0.717) is 11.2 Å². The van der Waals surface area contributed by atoms with Gasteiger partial charge in [0.05, 0.1) is 14.6 Å². The van der Waals surface area contributed by atoms with E-state index in [-0.39, 0.29) is 23.6 Å². The van der Waals surface area contributed by atoms with Crippen LogP contribution in [0.4, 0.5) is 0 Å². The maximum Gasteiger partial charge on any atom is 0.294 e. The molecule has 0 aliphatic rings. The van der Waals surface area contributed by atoms with Crippen LogP contribution < -0.4 is 10.9 Å². The number of carbonyl (C=O) groups excluding carboxylic acids is 1. The van der Waals surface area contributed by atoms with Crippen molar-refractivity contribution < 1.29 is 4.79 Å². The molecular formula is C16H18N4O2S2. The van der Waals surface area contributed by atoms with Crippen LogP contribution in [0.15, 0.2) is 22.3 Å². The average Bonchev–Trinajstić information content (AvgIpc) is 3.09. The van der Waals surface area contributed by atoms with E-state index in [2.05, 4.69) is 15.4 Å². The van der Waals surface area contributed by atoms with E-state index in [1.165, 1.54) is 16.0 Å². The molecule has 24 heavy (non-hydrogen) atoms. The first kappa shape index (κ1) is 16.8. The molecule has 1 N–H and O–H groups in total. The molecule has 3 aromatic rings. The van der Waals surface area contributed by atoms with E-state index in [1.807, 2.05) is 45.2 Å². The number of amides is 1. The van der Waals surface area contributed by atoms with Gasteiger partial charge in [-0.15, -0.1) is 22.7 Å².